The van der Waals surface area contributed by atoms with Crippen LogP contribution in [0.3, 0.4) is 0 Å². The van der Waals surface area contributed by atoms with Crippen LogP contribution in [0.2, 0.25) is 0 Å². The maximum absolute atomic E-state index is 5.97. The van der Waals surface area contributed by atoms with Gasteiger partial charge in [0.25, 0.3) is 0 Å². The highest BCUT2D eigenvalue weighted by molar-refractivity contribution is 5.85. The summed E-state index contributed by atoms with van der Waals surface area (Å²) in [4.78, 5) is 7.15. The Morgan fingerprint density at radius 3 is 2.63 bits per heavy atom. The minimum Gasteiger partial charge on any atom is -0.342 e. The lowest BCUT2D eigenvalue weighted by Gasteiger charge is -2.31. The van der Waals surface area contributed by atoms with Gasteiger partial charge < -0.3 is 15.2 Å². The van der Waals surface area contributed by atoms with Gasteiger partial charge in [-0.1, -0.05) is 12.1 Å². The summed E-state index contributed by atoms with van der Waals surface area (Å²) in [5, 5.41) is 0. The van der Waals surface area contributed by atoms with Gasteiger partial charge in [-0.05, 0) is 31.9 Å². The van der Waals surface area contributed by atoms with Crippen molar-refractivity contribution in [3.63, 3.8) is 0 Å². The molecule has 2 heterocycles. The van der Waals surface area contributed by atoms with E-state index in [1.54, 1.807) is 0 Å². The van der Waals surface area contributed by atoms with Crippen LogP contribution in [0.5, 0.6) is 0 Å². The van der Waals surface area contributed by atoms with E-state index in [1.807, 2.05) is 6.07 Å². The van der Waals surface area contributed by atoms with E-state index < -0.39 is 0 Å². The number of hydrogen-bond donors (Lipinski definition) is 1. The molecule has 1 aromatic carbocycles. The molecule has 3 rings (SSSR count). The Bertz CT molecular complexity index is 543. The monoisotopic (exact) mass is 280 g/mol. The summed E-state index contributed by atoms with van der Waals surface area (Å²) in [5.74, 6) is 1.10. The number of nitrogens with two attached hydrogens (primary N) is 1. The lowest BCUT2D eigenvalue weighted by molar-refractivity contribution is 0.491. The van der Waals surface area contributed by atoms with Crippen molar-refractivity contribution in [1.29, 1.82) is 0 Å². The molecule has 0 saturated carbocycles. The number of rotatable bonds is 2. The van der Waals surface area contributed by atoms with Crippen molar-refractivity contribution in [2.75, 3.05) is 18.0 Å². The highest BCUT2D eigenvalue weighted by atomic mass is 35.5. The van der Waals surface area contributed by atoms with Gasteiger partial charge in [0.1, 0.15) is 0 Å². The van der Waals surface area contributed by atoms with Crippen LogP contribution in [0.15, 0.2) is 24.3 Å². The molecular formula is C14H21ClN4. The molecule has 19 heavy (non-hydrogen) atoms. The molecule has 2 aromatic rings. The third kappa shape index (κ3) is 2.55. The molecule has 0 spiro atoms. The van der Waals surface area contributed by atoms with E-state index in [4.69, 9.17) is 10.7 Å². The van der Waals surface area contributed by atoms with Gasteiger partial charge in [-0.2, -0.15) is 0 Å². The highest BCUT2D eigenvalue weighted by Gasteiger charge is 2.21. The molecule has 0 bridgehead atoms. The number of aryl methyl sites for hydroxylation is 1. The number of para-hydroxylation sites is 2. The molecule has 1 aromatic heterocycles. The van der Waals surface area contributed by atoms with Crippen LogP contribution in [0.25, 0.3) is 11.0 Å². The first-order valence-electron chi connectivity index (χ1n) is 6.75. The Morgan fingerprint density at radius 1 is 1.26 bits per heavy atom. The zero-order valence-electron chi connectivity index (χ0n) is 11.2. The summed E-state index contributed by atoms with van der Waals surface area (Å²) < 4.78 is 2.30. The molecule has 0 aliphatic carbocycles. The molecule has 0 unspecified atom stereocenters. The normalized spacial score (nSPS) is 16.6. The molecule has 5 heteroatoms. The minimum absolute atomic E-state index is 0. The van der Waals surface area contributed by atoms with Crippen LogP contribution in [0.4, 0.5) is 5.95 Å². The van der Waals surface area contributed by atoms with Gasteiger partial charge in [0, 0.05) is 25.7 Å². The molecule has 2 N–H and O–H groups in total. The SMILES string of the molecule is CCn1c(N2CCC(N)CC2)nc2ccccc21.Cl. The maximum atomic E-state index is 5.97. The van der Waals surface area contributed by atoms with Crippen LogP contribution in [0, 0.1) is 0 Å². The van der Waals surface area contributed by atoms with Crippen molar-refractivity contribution in [2.24, 2.45) is 5.73 Å². The average molecular weight is 281 g/mol. The molecular weight excluding hydrogens is 260 g/mol. The quantitative estimate of drug-likeness (QED) is 0.919. The molecule has 104 valence electrons. The zero-order chi connectivity index (χ0) is 12.5. The first-order chi connectivity index (χ1) is 8.79. The summed E-state index contributed by atoms with van der Waals surface area (Å²) in [6, 6.07) is 8.71. The van der Waals surface area contributed by atoms with Crippen molar-refractivity contribution < 1.29 is 0 Å². The number of piperidine rings is 1. The largest absolute Gasteiger partial charge is 0.342 e. The predicted molar refractivity (Wildman–Crippen MR) is 82.1 cm³/mol. The molecule has 1 saturated heterocycles. The second-order valence-corrected chi connectivity index (χ2v) is 4.97. The van der Waals surface area contributed by atoms with E-state index in [1.165, 1.54) is 5.52 Å². The Balaban J connectivity index is 0.00000133. The van der Waals surface area contributed by atoms with E-state index in [0.717, 1.165) is 43.9 Å². The lowest BCUT2D eigenvalue weighted by atomic mass is 10.1. The second-order valence-electron chi connectivity index (χ2n) is 4.97. The number of fused-ring (bicyclic) bond motifs is 1. The first-order valence-corrected chi connectivity index (χ1v) is 6.75. The number of imidazole rings is 1. The molecule has 4 nitrogen and oxygen atoms in total. The van der Waals surface area contributed by atoms with Crippen LogP contribution >= 0.6 is 12.4 Å². The molecule has 0 atom stereocenters. The summed E-state index contributed by atoms with van der Waals surface area (Å²) in [6.07, 6.45) is 2.12. The van der Waals surface area contributed by atoms with Gasteiger partial charge in [0.15, 0.2) is 0 Å². The number of aromatic nitrogens is 2. The minimum atomic E-state index is 0. The second kappa shape index (κ2) is 5.80. The van der Waals surface area contributed by atoms with Crippen LogP contribution in [0.1, 0.15) is 19.8 Å². The lowest BCUT2D eigenvalue weighted by Crippen LogP contribution is -2.40. The smallest absolute Gasteiger partial charge is 0.206 e. The molecule has 0 amide bonds. The van der Waals surface area contributed by atoms with Gasteiger partial charge in [-0.3, -0.25) is 0 Å². The number of benzene rings is 1. The Morgan fingerprint density at radius 2 is 1.95 bits per heavy atom. The van der Waals surface area contributed by atoms with Crippen LogP contribution < -0.4 is 10.6 Å². The number of halogens is 1. The molecule has 1 aliphatic heterocycles. The summed E-state index contributed by atoms with van der Waals surface area (Å²) in [6.45, 7) is 5.17. The summed E-state index contributed by atoms with van der Waals surface area (Å²) in [7, 11) is 0. The van der Waals surface area contributed by atoms with E-state index in [9.17, 15) is 0 Å². The average Bonchev–Trinajstić information content (AvgIpc) is 2.78. The van der Waals surface area contributed by atoms with E-state index >= 15 is 0 Å². The van der Waals surface area contributed by atoms with Gasteiger partial charge in [-0.15, -0.1) is 12.4 Å². The van der Waals surface area contributed by atoms with Gasteiger partial charge >= 0.3 is 0 Å². The van der Waals surface area contributed by atoms with Crippen molar-refractivity contribution in [2.45, 2.75) is 32.4 Å². The molecule has 0 radical (unpaired) electrons. The number of nitrogens with zero attached hydrogens (tertiary/aromatic N) is 3. The van der Waals surface area contributed by atoms with Crippen molar-refractivity contribution in [3.8, 4) is 0 Å². The highest BCUT2D eigenvalue weighted by Crippen LogP contribution is 2.24. The van der Waals surface area contributed by atoms with Crippen molar-refractivity contribution >= 4 is 29.4 Å². The van der Waals surface area contributed by atoms with Crippen LogP contribution in [-0.2, 0) is 6.54 Å². The van der Waals surface area contributed by atoms with Crippen molar-refractivity contribution in [3.05, 3.63) is 24.3 Å². The fourth-order valence-corrected chi connectivity index (χ4v) is 2.72. The number of hydrogen-bond acceptors (Lipinski definition) is 3. The van der Waals surface area contributed by atoms with Gasteiger partial charge in [0.05, 0.1) is 11.0 Å². The van der Waals surface area contributed by atoms with E-state index in [0.29, 0.717) is 6.04 Å². The Labute approximate surface area is 120 Å². The van der Waals surface area contributed by atoms with Crippen molar-refractivity contribution in [1.82, 2.24) is 9.55 Å². The van der Waals surface area contributed by atoms with Gasteiger partial charge in [0.2, 0.25) is 5.95 Å². The van der Waals surface area contributed by atoms with Crippen LogP contribution in [-0.4, -0.2) is 28.7 Å². The maximum Gasteiger partial charge on any atom is 0.206 e. The standard InChI is InChI=1S/C14H20N4.ClH/c1-2-18-13-6-4-3-5-12(13)16-14(18)17-9-7-11(15)8-10-17;/h3-6,11H,2,7-10,15H2,1H3;1H. The van der Waals surface area contributed by atoms with Gasteiger partial charge in [-0.25, -0.2) is 4.98 Å². The fourth-order valence-electron chi connectivity index (χ4n) is 2.72. The van der Waals surface area contributed by atoms with E-state index in [-0.39, 0.29) is 12.4 Å². The number of anilines is 1. The fraction of sp³-hybridized carbons (Fsp3) is 0.500. The first kappa shape index (κ1) is 14.2. The molecule has 1 fully saturated rings. The molecule has 1 aliphatic rings. The zero-order valence-corrected chi connectivity index (χ0v) is 12.1. The Hall–Kier alpha value is -1.26. The third-order valence-corrected chi connectivity index (χ3v) is 3.77. The third-order valence-electron chi connectivity index (χ3n) is 3.77. The van der Waals surface area contributed by atoms with E-state index in [2.05, 4.69) is 34.6 Å². The predicted octanol–water partition coefficient (Wildman–Crippen LogP) is 2.41. The summed E-state index contributed by atoms with van der Waals surface area (Å²) >= 11 is 0. The Kier molecular flexibility index (Phi) is 4.32. The topological polar surface area (TPSA) is 47.1 Å². The summed E-state index contributed by atoms with van der Waals surface area (Å²) in [5.41, 5.74) is 8.28.